The third-order valence-corrected chi connectivity index (χ3v) is 5.21. The Bertz CT molecular complexity index is 877. The fourth-order valence-electron chi connectivity index (χ4n) is 3.26. The van der Waals surface area contributed by atoms with Crippen molar-refractivity contribution in [2.75, 3.05) is 13.7 Å². The van der Waals surface area contributed by atoms with E-state index in [0.717, 1.165) is 23.1 Å². The summed E-state index contributed by atoms with van der Waals surface area (Å²) in [4.78, 5) is 27.5. The van der Waals surface area contributed by atoms with Gasteiger partial charge in [0, 0.05) is 12.6 Å². The summed E-state index contributed by atoms with van der Waals surface area (Å²) in [5.41, 5.74) is 3.01. The van der Waals surface area contributed by atoms with E-state index in [1.54, 1.807) is 18.9 Å². The summed E-state index contributed by atoms with van der Waals surface area (Å²) >= 11 is 0. The molecule has 168 valence electrons. The highest BCUT2D eigenvalue weighted by atomic mass is 16.5. The number of aryl methyl sites for hydroxylation is 2. The van der Waals surface area contributed by atoms with Crippen LogP contribution in [0, 0.1) is 13.8 Å². The van der Waals surface area contributed by atoms with Gasteiger partial charge in [-0.25, -0.2) is 0 Å². The minimum Gasteiger partial charge on any atom is -0.497 e. The van der Waals surface area contributed by atoms with Crippen LogP contribution in [0.3, 0.4) is 0 Å². The van der Waals surface area contributed by atoms with Crippen molar-refractivity contribution in [2.45, 2.75) is 59.7 Å². The quantitative estimate of drug-likeness (QED) is 0.623. The van der Waals surface area contributed by atoms with Crippen molar-refractivity contribution >= 4 is 11.8 Å². The SMILES string of the molecule is CC[C@H](C)NC(=O)[C@@H](C)N(Cc1cccc(OC)c1)C(=O)COc1cc(C)cc(C)c1. The summed E-state index contributed by atoms with van der Waals surface area (Å²) in [6, 6.07) is 12.7. The molecule has 2 aromatic rings. The van der Waals surface area contributed by atoms with Crippen LogP contribution in [-0.2, 0) is 16.1 Å². The van der Waals surface area contributed by atoms with E-state index in [1.807, 2.05) is 70.2 Å². The topological polar surface area (TPSA) is 67.9 Å². The van der Waals surface area contributed by atoms with E-state index >= 15 is 0 Å². The maximum absolute atomic E-state index is 13.1. The van der Waals surface area contributed by atoms with Crippen LogP contribution in [0.4, 0.5) is 0 Å². The largest absolute Gasteiger partial charge is 0.497 e. The summed E-state index contributed by atoms with van der Waals surface area (Å²) in [6.07, 6.45) is 0.818. The fraction of sp³-hybridized carbons (Fsp3) is 0.440. The summed E-state index contributed by atoms with van der Waals surface area (Å²) in [6.45, 7) is 9.80. The van der Waals surface area contributed by atoms with Crippen molar-refractivity contribution in [3.63, 3.8) is 0 Å². The van der Waals surface area contributed by atoms with E-state index in [4.69, 9.17) is 9.47 Å². The molecule has 0 bridgehead atoms. The number of nitrogens with zero attached hydrogens (tertiary/aromatic N) is 1. The molecular formula is C25H34N2O4. The Morgan fingerprint density at radius 3 is 2.32 bits per heavy atom. The van der Waals surface area contributed by atoms with Gasteiger partial charge >= 0.3 is 0 Å². The Morgan fingerprint density at radius 1 is 1.03 bits per heavy atom. The second kappa shape index (κ2) is 11.4. The van der Waals surface area contributed by atoms with Gasteiger partial charge in [-0.1, -0.05) is 25.1 Å². The number of nitrogens with one attached hydrogen (secondary N) is 1. The lowest BCUT2D eigenvalue weighted by molar-refractivity contribution is -0.142. The average Bonchev–Trinajstić information content (AvgIpc) is 2.74. The monoisotopic (exact) mass is 426 g/mol. The zero-order valence-electron chi connectivity index (χ0n) is 19.4. The molecule has 0 unspecified atom stereocenters. The smallest absolute Gasteiger partial charge is 0.261 e. The van der Waals surface area contributed by atoms with Crippen molar-refractivity contribution < 1.29 is 19.1 Å². The van der Waals surface area contributed by atoms with E-state index in [9.17, 15) is 9.59 Å². The third-order valence-electron chi connectivity index (χ3n) is 5.21. The molecule has 0 aliphatic rings. The van der Waals surface area contributed by atoms with Crippen molar-refractivity contribution in [1.82, 2.24) is 10.2 Å². The van der Waals surface area contributed by atoms with Crippen LogP contribution < -0.4 is 14.8 Å². The molecule has 0 aromatic heterocycles. The number of hydrogen-bond donors (Lipinski definition) is 1. The molecule has 0 radical (unpaired) electrons. The van der Waals surface area contributed by atoms with E-state index in [2.05, 4.69) is 5.32 Å². The van der Waals surface area contributed by atoms with Gasteiger partial charge in [-0.3, -0.25) is 9.59 Å². The van der Waals surface area contributed by atoms with Crippen molar-refractivity contribution in [2.24, 2.45) is 0 Å². The van der Waals surface area contributed by atoms with Gasteiger partial charge in [0.2, 0.25) is 5.91 Å². The normalized spacial score (nSPS) is 12.6. The Labute approximate surface area is 185 Å². The standard InChI is InChI=1S/C25H34N2O4/c1-7-19(4)26-25(29)20(5)27(15-21-9-8-10-22(14-21)30-6)24(28)16-31-23-12-17(2)11-18(3)13-23/h8-14,19-20H,7,15-16H2,1-6H3,(H,26,29)/t19-,20+/m0/s1. The highest BCUT2D eigenvalue weighted by Crippen LogP contribution is 2.18. The van der Waals surface area contributed by atoms with Gasteiger partial charge in [0.05, 0.1) is 7.11 Å². The van der Waals surface area contributed by atoms with Gasteiger partial charge < -0.3 is 19.7 Å². The maximum atomic E-state index is 13.1. The molecule has 0 saturated carbocycles. The first-order valence-corrected chi connectivity index (χ1v) is 10.7. The van der Waals surface area contributed by atoms with Gasteiger partial charge in [0.1, 0.15) is 17.5 Å². The lowest BCUT2D eigenvalue weighted by Gasteiger charge is -2.29. The molecule has 0 heterocycles. The second-order valence-electron chi connectivity index (χ2n) is 7.98. The number of hydrogen-bond acceptors (Lipinski definition) is 4. The van der Waals surface area contributed by atoms with Crippen molar-refractivity contribution in [1.29, 1.82) is 0 Å². The van der Waals surface area contributed by atoms with Gasteiger partial charge in [-0.15, -0.1) is 0 Å². The summed E-state index contributed by atoms with van der Waals surface area (Å²) in [5.74, 6) is 0.905. The van der Waals surface area contributed by atoms with Crippen LogP contribution >= 0.6 is 0 Å². The number of methoxy groups -OCH3 is 1. The number of carbonyl (C=O) groups is 2. The van der Waals surface area contributed by atoms with E-state index < -0.39 is 6.04 Å². The van der Waals surface area contributed by atoms with Crippen LogP contribution in [0.15, 0.2) is 42.5 Å². The first-order chi connectivity index (χ1) is 14.7. The highest BCUT2D eigenvalue weighted by Gasteiger charge is 2.27. The molecule has 0 aliphatic heterocycles. The minimum absolute atomic E-state index is 0.0373. The van der Waals surface area contributed by atoms with Crippen LogP contribution in [0.25, 0.3) is 0 Å². The predicted octanol–water partition coefficient (Wildman–Crippen LogP) is 4.02. The van der Waals surface area contributed by atoms with Crippen molar-refractivity contribution in [3.8, 4) is 11.5 Å². The van der Waals surface area contributed by atoms with Gasteiger partial charge in [0.15, 0.2) is 6.61 Å². The van der Waals surface area contributed by atoms with E-state index in [-0.39, 0.29) is 31.0 Å². The van der Waals surface area contributed by atoms with E-state index in [0.29, 0.717) is 11.5 Å². The first-order valence-electron chi connectivity index (χ1n) is 10.7. The molecule has 2 rings (SSSR count). The molecule has 0 aliphatic carbocycles. The number of ether oxygens (including phenoxy) is 2. The minimum atomic E-state index is -0.643. The number of amides is 2. The molecule has 2 atom stereocenters. The number of rotatable bonds is 10. The van der Waals surface area contributed by atoms with Gasteiger partial charge in [-0.2, -0.15) is 0 Å². The summed E-state index contributed by atoms with van der Waals surface area (Å²) < 4.78 is 11.1. The number of carbonyl (C=O) groups excluding carboxylic acids is 2. The molecule has 31 heavy (non-hydrogen) atoms. The van der Waals surface area contributed by atoms with Gasteiger partial charge in [-0.05, 0) is 75.1 Å². The van der Waals surface area contributed by atoms with Crippen molar-refractivity contribution in [3.05, 3.63) is 59.2 Å². The van der Waals surface area contributed by atoms with Crippen LogP contribution in [0.5, 0.6) is 11.5 Å². The molecule has 0 saturated heterocycles. The zero-order chi connectivity index (χ0) is 23.0. The first kappa shape index (κ1) is 24.3. The molecule has 0 fully saturated rings. The lowest BCUT2D eigenvalue weighted by Crippen LogP contribution is -2.50. The Morgan fingerprint density at radius 2 is 1.71 bits per heavy atom. The molecular weight excluding hydrogens is 392 g/mol. The van der Waals surface area contributed by atoms with Crippen LogP contribution in [0.2, 0.25) is 0 Å². The number of benzene rings is 2. The predicted molar refractivity (Wildman–Crippen MR) is 122 cm³/mol. The zero-order valence-corrected chi connectivity index (χ0v) is 19.4. The fourth-order valence-corrected chi connectivity index (χ4v) is 3.26. The van der Waals surface area contributed by atoms with Crippen LogP contribution in [0.1, 0.15) is 43.9 Å². The lowest BCUT2D eigenvalue weighted by atomic mass is 10.1. The second-order valence-corrected chi connectivity index (χ2v) is 7.98. The summed E-state index contributed by atoms with van der Waals surface area (Å²) in [7, 11) is 1.60. The third kappa shape index (κ3) is 7.31. The summed E-state index contributed by atoms with van der Waals surface area (Å²) in [5, 5.41) is 2.96. The molecule has 6 heteroatoms. The molecule has 6 nitrogen and oxygen atoms in total. The molecule has 0 spiro atoms. The molecule has 2 amide bonds. The average molecular weight is 427 g/mol. The molecule has 2 aromatic carbocycles. The maximum Gasteiger partial charge on any atom is 0.261 e. The Hall–Kier alpha value is -3.02. The van der Waals surface area contributed by atoms with Gasteiger partial charge in [0.25, 0.3) is 5.91 Å². The van der Waals surface area contributed by atoms with E-state index in [1.165, 1.54) is 0 Å². The van der Waals surface area contributed by atoms with Crippen LogP contribution in [-0.4, -0.2) is 42.5 Å². The Kier molecular flexibility index (Phi) is 8.91. The highest BCUT2D eigenvalue weighted by molar-refractivity contribution is 5.88. The Balaban J connectivity index is 2.19. The molecule has 1 N–H and O–H groups in total.